The number of nitrogens with zero attached hydrogens (tertiary/aromatic N) is 2. The number of para-hydroxylation sites is 3. The summed E-state index contributed by atoms with van der Waals surface area (Å²) >= 11 is 0. The van der Waals surface area contributed by atoms with E-state index in [0.29, 0.717) is 0 Å². The lowest BCUT2D eigenvalue weighted by Gasteiger charge is -2.31. The van der Waals surface area contributed by atoms with Gasteiger partial charge in [0, 0.05) is 38.5 Å². The Morgan fingerprint density at radius 1 is 0.345 bits per heavy atom. The summed E-state index contributed by atoms with van der Waals surface area (Å²) in [5.74, 6) is 0. The van der Waals surface area contributed by atoms with E-state index < -0.39 is 8.07 Å². The number of aromatic nitrogens is 2. The van der Waals surface area contributed by atoms with Crippen molar-refractivity contribution in [3.05, 3.63) is 217 Å². The Bertz CT molecular complexity index is 3380. The van der Waals surface area contributed by atoms with Gasteiger partial charge in [-0.05, 0) is 97.4 Å². The molecule has 0 bridgehead atoms. The SMILES string of the molecule is c1ccc(-n2c3ccc(-n4c5ccccc5c5ccccc54)cc3c3ccc4c(c32)-c2cc([Si]3(c5ccccc5)c5ccccc5-c5ccccc53)ccc2C4)cc1. The van der Waals surface area contributed by atoms with Gasteiger partial charge < -0.3 is 9.13 Å². The van der Waals surface area contributed by atoms with Crippen LogP contribution < -0.4 is 20.7 Å². The van der Waals surface area contributed by atoms with E-state index in [4.69, 9.17) is 0 Å². The van der Waals surface area contributed by atoms with E-state index in [1.165, 1.54) is 109 Å². The van der Waals surface area contributed by atoms with Gasteiger partial charge in [0.2, 0.25) is 0 Å². The summed E-state index contributed by atoms with van der Waals surface area (Å²) in [5, 5.41) is 10.9. The molecule has 13 rings (SSSR count). The molecule has 0 unspecified atom stereocenters. The highest BCUT2D eigenvalue weighted by molar-refractivity contribution is 7.22. The second-order valence-corrected chi connectivity index (χ2v) is 19.7. The lowest BCUT2D eigenvalue weighted by atomic mass is 10.0. The van der Waals surface area contributed by atoms with Gasteiger partial charge in [-0.25, -0.2) is 0 Å². The maximum Gasteiger partial charge on any atom is 0.180 e. The molecule has 3 heterocycles. The van der Waals surface area contributed by atoms with Crippen LogP contribution in [0.5, 0.6) is 0 Å². The molecule has 1 aliphatic heterocycles. The third-order valence-electron chi connectivity index (χ3n) is 13.2. The molecular weight excluding hydrogens is 717 g/mol. The molecule has 0 radical (unpaired) electrons. The van der Waals surface area contributed by atoms with Crippen LogP contribution in [0, 0.1) is 0 Å². The van der Waals surface area contributed by atoms with Gasteiger partial charge in [-0.15, -0.1) is 0 Å². The van der Waals surface area contributed by atoms with E-state index in [0.717, 1.165) is 6.42 Å². The summed E-state index contributed by atoms with van der Waals surface area (Å²) in [4.78, 5) is 0. The Morgan fingerprint density at radius 3 is 1.64 bits per heavy atom. The zero-order valence-corrected chi connectivity index (χ0v) is 32.7. The lowest BCUT2D eigenvalue weighted by molar-refractivity contribution is 1.16. The van der Waals surface area contributed by atoms with Gasteiger partial charge in [-0.3, -0.25) is 0 Å². The molecule has 0 amide bonds. The molecule has 1 aliphatic carbocycles. The van der Waals surface area contributed by atoms with Crippen LogP contribution in [-0.4, -0.2) is 17.2 Å². The number of hydrogen-bond donors (Lipinski definition) is 0. The molecule has 2 aromatic heterocycles. The number of rotatable bonds is 4. The van der Waals surface area contributed by atoms with Crippen molar-refractivity contribution in [2.24, 2.45) is 0 Å². The van der Waals surface area contributed by atoms with Crippen molar-refractivity contribution < 1.29 is 0 Å². The fourth-order valence-corrected chi connectivity index (χ4v) is 16.1. The molecule has 0 saturated heterocycles. The van der Waals surface area contributed by atoms with Crippen molar-refractivity contribution in [1.82, 2.24) is 9.13 Å². The molecule has 9 aromatic carbocycles. The molecule has 0 spiro atoms. The van der Waals surface area contributed by atoms with E-state index in [1.807, 2.05) is 0 Å². The van der Waals surface area contributed by atoms with Crippen LogP contribution in [0.25, 0.3) is 77.2 Å². The molecule has 270 valence electrons. The maximum atomic E-state index is 2.61. The van der Waals surface area contributed by atoms with E-state index in [2.05, 4.69) is 215 Å². The Balaban J connectivity index is 1.10. The average Bonchev–Trinajstić information content (AvgIpc) is 4.02. The normalized spacial score (nSPS) is 13.6. The second-order valence-electron chi connectivity index (χ2n) is 16.0. The largest absolute Gasteiger partial charge is 0.309 e. The monoisotopic (exact) mass is 752 g/mol. The molecule has 0 N–H and O–H groups in total. The molecule has 0 fully saturated rings. The summed E-state index contributed by atoms with van der Waals surface area (Å²) in [6, 6.07) is 77.8. The summed E-state index contributed by atoms with van der Waals surface area (Å²) in [7, 11) is -2.66. The van der Waals surface area contributed by atoms with Gasteiger partial charge in [0.1, 0.15) is 0 Å². The van der Waals surface area contributed by atoms with Crippen molar-refractivity contribution >= 4 is 72.4 Å². The predicted molar refractivity (Wildman–Crippen MR) is 246 cm³/mol. The van der Waals surface area contributed by atoms with Crippen LogP contribution in [0.4, 0.5) is 0 Å². The minimum atomic E-state index is -2.66. The molecule has 58 heavy (non-hydrogen) atoms. The van der Waals surface area contributed by atoms with Gasteiger partial charge in [0.05, 0.1) is 22.1 Å². The fraction of sp³-hybridized carbons (Fsp3) is 0.0182. The van der Waals surface area contributed by atoms with Crippen molar-refractivity contribution in [2.75, 3.05) is 0 Å². The van der Waals surface area contributed by atoms with Crippen LogP contribution >= 0.6 is 0 Å². The van der Waals surface area contributed by atoms with Gasteiger partial charge in [-0.2, -0.15) is 0 Å². The molecule has 2 nitrogen and oxygen atoms in total. The second kappa shape index (κ2) is 11.9. The Labute approximate surface area is 337 Å². The molecule has 0 atom stereocenters. The first-order valence-corrected chi connectivity index (χ1v) is 22.3. The van der Waals surface area contributed by atoms with Crippen LogP contribution in [-0.2, 0) is 6.42 Å². The highest BCUT2D eigenvalue weighted by Crippen LogP contribution is 2.46. The molecule has 3 heteroatoms. The zero-order chi connectivity index (χ0) is 38.0. The minimum absolute atomic E-state index is 0.927. The number of hydrogen-bond acceptors (Lipinski definition) is 0. The lowest BCUT2D eigenvalue weighted by Crippen LogP contribution is -2.72. The summed E-state index contributed by atoms with van der Waals surface area (Å²) < 4.78 is 4.97. The Hall–Kier alpha value is -7.20. The van der Waals surface area contributed by atoms with E-state index >= 15 is 0 Å². The summed E-state index contributed by atoms with van der Waals surface area (Å²) in [6.07, 6.45) is 0.927. The van der Waals surface area contributed by atoms with E-state index in [1.54, 1.807) is 0 Å². The quantitative estimate of drug-likeness (QED) is 0.159. The fourth-order valence-electron chi connectivity index (χ4n) is 10.9. The van der Waals surface area contributed by atoms with E-state index in [9.17, 15) is 0 Å². The van der Waals surface area contributed by atoms with Gasteiger partial charge in [-0.1, -0.05) is 164 Å². The Morgan fingerprint density at radius 2 is 0.931 bits per heavy atom. The standard InChI is InChI=1S/C55H36N2Si/c1-3-15-38(16-4-1)57-51-32-29-39(56-49-23-11-7-19-42(49)43-20-8-12-24-50(43)56)34-48(51)46-31-28-37-33-36-27-30-41(35-47(36)54(37)55(46)57)58(40-17-5-2-6-18-40)52-25-13-9-21-44(52)45-22-10-14-26-53(45)58/h1-32,34-35H,33H2. The van der Waals surface area contributed by atoms with Crippen molar-refractivity contribution in [3.63, 3.8) is 0 Å². The van der Waals surface area contributed by atoms with Crippen LogP contribution in [0.2, 0.25) is 0 Å². The number of fused-ring (bicyclic) bond motifs is 13. The van der Waals surface area contributed by atoms with Crippen LogP contribution in [0.15, 0.2) is 206 Å². The van der Waals surface area contributed by atoms with Gasteiger partial charge in [0.25, 0.3) is 0 Å². The number of benzene rings is 9. The van der Waals surface area contributed by atoms with Crippen LogP contribution in [0.1, 0.15) is 11.1 Å². The first kappa shape index (κ1) is 31.9. The molecule has 0 saturated carbocycles. The predicted octanol–water partition coefficient (Wildman–Crippen LogP) is 10.8. The highest BCUT2D eigenvalue weighted by Gasteiger charge is 2.48. The molecular formula is C55H36N2Si. The molecule has 11 aromatic rings. The van der Waals surface area contributed by atoms with Gasteiger partial charge >= 0.3 is 0 Å². The zero-order valence-electron chi connectivity index (χ0n) is 31.7. The van der Waals surface area contributed by atoms with Crippen molar-refractivity contribution in [1.29, 1.82) is 0 Å². The first-order chi connectivity index (χ1) is 28.8. The topological polar surface area (TPSA) is 9.86 Å². The smallest absolute Gasteiger partial charge is 0.180 e. The van der Waals surface area contributed by atoms with Crippen molar-refractivity contribution in [3.8, 4) is 33.6 Å². The highest BCUT2D eigenvalue weighted by atomic mass is 28.3. The minimum Gasteiger partial charge on any atom is -0.309 e. The maximum absolute atomic E-state index is 2.66. The van der Waals surface area contributed by atoms with Gasteiger partial charge in [0.15, 0.2) is 8.07 Å². The summed E-state index contributed by atoms with van der Waals surface area (Å²) in [6.45, 7) is 0. The van der Waals surface area contributed by atoms with E-state index in [-0.39, 0.29) is 0 Å². The average molecular weight is 753 g/mol. The third-order valence-corrected chi connectivity index (χ3v) is 18.1. The molecule has 2 aliphatic rings. The Kier molecular flexibility index (Phi) is 6.56. The first-order valence-electron chi connectivity index (χ1n) is 20.3. The third kappa shape index (κ3) is 4.16. The summed E-state index contributed by atoms with van der Waals surface area (Å²) in [5.41, 5.74) is 15.6. The van der Waals surface area contributed by atoms with Crippen molar-refractivity contribution in [2.45, 2.75) is 6.42 Å². The van der Waals surface area contributed by atoms with Crippen LogP contribution in [0.3, 0.4) is 0 Å².